The van der Waals surface area contributed by atoms with Crippen LogP contribution in [0.5, 0.6) is 0 Å². The van der Waals surface area contributed by atoms with Gasteiger partial charge in [0.1, 0.15) is 0 Å². The van der Waals surface area contributed by atoms with Crippen LogP contribution in [-0.4, -0.2) is 27.3 Å². The number of sulfone groups is 1. The van der Waals surface area contributed by atoms with Crippen molar-refractivity contribution in [3.05, 3.63) is 35.4 Å². The Morgan fingerprint density at radius 2 is 1.94 bits per heavy atom. The molecule has 1 aromatic rings. The highest BCUT2D eigenvalue weighted by molar-refractivity contribution is 7.90. The zero-order valence-corrected chi connectivity index (χ0v) is 11.5. The summed E-state index contributed by atoms with van der Waals surface area (Å²) in [7, 11) is -1.16. The van der Waals surface area contributed by atoms with Crippen LogP contribution in [-0.2, 0) is 15.6 Å². The number of hydrogen-bond donors (Lipinski definition) is 1. The molecular formula is C13H21NO2S. The molecular weight excluding hydrogens is 234 g/mol. The molecule has 0 aliphatic heterocycles. The Kier molecular flexibility index (Phi) is 5.15. The third-order valence-corrected chi connectivity index (χ3v) is 4.60. The molecule has 0 heterocycles. The van der Waals surface area contributed by atoms with Crippen molar-refractivity contribution in [1.29, 1.82) is 0 Å². The van der Waals surface area contributed by atoms with E-state index in [9.17, 15) is 8.42 Å². The smallest absolute Gasteiger partial charge is 0.154 e. The molecule has 96 valence electrons. The van der Waals surface area contributed by atoms with Crippen molar-refractivity contribution in [3.8, 4) is 0 Å². The van der Waals surface area contributed by atoms with Crippen molar-refractivity contribution in [1.82, 2.24) is 5.32 Å². The van der Waals surface area contributed by atoms with Gasteiger partial charge in [-0.15, -0.1) is 0 Å². The van der Waals surface area contributed by atoms with E-state index in [1.807, 2.05) is 45.2 Å². The number of nitrogens with one attached hydrogen (secondary N) is 1. The lowest BCUT2D eigenvalue weighted by molar-refractivity contribution is 0.564. The minimum atomic E-state index is -3.00. The first-order valence-corrected chi connectivity index (χ1v) is 7.69. The zero-order chi connectivity index (χ0) is 12.9. The molecule has 1 atom stereocenters. The lowest BCUT2D eigenvalue weighted by Gasteiger charge is -2.11. The van der Waals surface area contributed by atoms with Crippen molar-refractivity contribution in [2.75, 3.05) is 12.8 Å². The Morgan fingerprint density at radius 1 is 1.29 bits per heavy atom. The Hall–Kier alpha value is -0.870. The van der Waals surface area contributed by atoms with Gasteiger partial charge in [0, 0.05) is 6.04 Å². The van der Waals surface area contributed by atoms with Crippen LogP contribution in [0.3, 0.4) is 0 Å². The van der Waals surface area contributed by atoms with E-state index in [1.165, 1.54) is 0 Å². The van der Waals surface area contributed by atoms with Crippen LogP contribution in [0.1, 0.15) is 24.5 Å². The second kappa shape index (κ2) is 6.17. The maximum atomic E-state index is 11.9. The van der Waals surface area contributed by atoms with Crippen molar-refractivity contribution in [2.24, 2.45) is 0 Å². The van der Waals surface area contributed by atoms with Gasteiger partial charge in [-0.25, -0.2) is 8.42 Å². The molecule has 0 aromatic heterocycles. The van der Waals surface area contributed by atoms with Gasteiger partial charge in [-0.2, -0.15) is 0 Å². The summed E-state index contributed by atoms with van der Waals surface area (Å²) in [6.45, 7) is 3.93. The molecule has 1 rings (SSSR count). The number of aryl methyl sites for hydroxylation is 1. The van der Waals surface area contributed by atoms with E-state index in [0.29, 0.717) is 6.42 Å². The van der Waals surface area contributed by atoms with E-state index in [1.54, 1.807) is 0 Å². The molecule has 17 heavy (non-hydrogen) atoms. The average molecular weight is 255 g/mol. The molecule has 0 radical (unpaired) electrons. The SMILES string of the molecule is CNC(C)CCS(=O)(=O)Cc1ccccc1C. The molecule has 0 saturated heterocycles. The summed E-state index contributed by atoms with van der Waals surface area (Å²) in [5.74, 6) is 0.388. The van der Waals surface area contributed by atoms with E-state index in [2.05, 4.69) is 5.32 Å². The third-order valence-electron chi connectivity index (χ3n) is 2.99. The molecule has 0 fully saturated rings. The number of benzene rings is 1. The molecule has 0 spiro atoms. The molecule has 1 aromatic carbocycles. The van der Waals surface area contributed by atoms with Gasteiger partial charge in [-0.05, 0) is 38.4 Å². The van der Waals surface area contributed by atoms with Gasteiger partial charge in [0.15, 0.2) is 9.84 Å². The van der Waals surface area contributed by atoms with Crippen LogP contribution in [0.15, 0.2) is 24.3 Å². The first kappa shape index (κ1) is 14.2. The molecule has 3 nitrogen and oxygen atoms in total. The Labute approximate surface area is 104 Å². The Morgan fingerprint density at radius 3 is 2.53 bits per heavy atom. The monoisotopic (exact) mass is 255 g/mol. The van der Waals surface area contributed by atoms with Crippen molar-refractivity contribution >= 4 is 9.84 Å². The standard InChI is InChI=1S/C13H21NO2S/c1-11-6-4-5-7-13(11)10-17(15,16)9-8-12(2)14-3/h4-7,12,14H,8-10H2,1-3H3. The van der Waals surface area contributed by atoms with Crippen LogP contribution in [0.2, 0.25) is 0 Å². The average Bonchev–Trinajstić information content (AvgIpc) is 2.29. The fourth-order valence-electron chi connectivity index (χ4n) is 1.58. The molecule has 0 aliphatic rings. The van der Waals surface area contributed by atoms with Crippen molar-refractivity contribution in [2.45, 2.75) is 32.1 Å². The quantitative estimate of drug-likeness (QED) is 0.844. The van der Waals surface area contributed by atoms with Gasteiger partial charge in [0.2, 0.25) is 0 Å². The topological polar surface area (TPSA) is 46.2 Å². The van der Waals surface area contributed by atoms with Crippen molar-refractivity contribution in [3.63, 3.8) is 0 Å². The van der Waals surface area contributed by atoms with E-state index in [4.69, 9.17) is 0 Å². The summed E-state index contributed by atoms with van der Waals surface area (Å²) in [5.41, 5.74) is 1.95. The highest BCUT2D eigenvalue weighted by Crippen LogP contribution is 2.12. The van der Waals surface area contributed by atoms with E-state index < -0.39 is 9.84 Å². The largest absolute Gasteiger partial charge is 0.317 e. The first-order valence-electron chi connectivity index (χ1n) is 5.87. The molecule has 1 N–H and O–H groups in total. The summed E-state index contributed by atoms with van der Waals surface area (Å²) < 4.78 is 23.9. The molecule has 0 amide bonds. The zero-order valence-electron chi connectivity index (χ0n) is 10.7. The normalized spacial score (nSPS) is 13.6. The second-order valence-corrected chi connectivity index (χ2v) is 6.68. The third kappa shape index (κ3) is 4.88. The fraction of sp³-hybridized carbons (Fsp3) is 0.538. The summed E-state index contributed by atoms with van der Waals surface area (Å²) in [4.78, 5) is 0. The van der Waals surface area contributed by atoms with Gasteiger partial charge in [-0.3, -0.25) is 0 Å². The summed E-state index contributed by atoms with van der Waals surface area (Å²) in [6, 6.07) is 7.87. The molecule has 0 saturated carbocycles. The van der Waals surface area contributed by atoms with Gasteiger partial charge >= 0.3 is 0 Å². The second-order valence-electron chi connectivity index (χ2n) is 4.50. The number of hydrogen-bond acceptors (Lipinski definition) is 3. The van der Waals surface area contributed by atoms with Crippen molar-refractivity contribution < 1.29 is 8.42 Å². The van der Waals surface area contributed by atoms with E-state index in [-0.39, 0.29) is 17.5 Å². The van der Waals surface area contributed by atoms with Crippen LogP contribution in [0.25, 0.3) is 0 Å². The molecule has 1 unspecified atom stereocenters. The van der Waals surface area contributed by atoms with Gasteiger partial charge in [0.05, 0.1) is 11.5 Å². The summed E-state index contributed by atoms with van der Waals surface area (Å²) in [6.07, 6.45) is 0.657. The van der Waals surface area contributed by atoms with Gasteiger partial charge in [-0.1, -0.05) is 24.3 Å². The van der Waals surface area contributed by atoms with Crippen LogP contribution in [0, 0.1) is 6.92 Å². The van der Waals surface area contributed by atoms with Crippen LogP contribution >= 0.6 is 0 Å². The maximum absolute atomic E-state index is 11.9. The number of rotatable bonds is 6. The maximum Gasteiger partial charge on any atom is 0.154 e. The highest BCUT2D eigenvalue weighted by Gasteiger charge is 2.14. The minimum absolute atomic E-state index is 0.149. The summed E-state index contributed by atoms with van der Waals surface area (Å²) >= 11 is 0. The molecule has 0 bridgehead atoms. The molecule has 0 aliphatic carbocycles. The Balaban J connectivity index is 2.64. The highest BCUT2D eigenvalue weighted by atomic mass is 32.2. The van der Waals surface area contributed by atoms with Crippen LogP contribution < -0.4 is 5.32 Å². The minimum Gasteiger partial charge on any atom is -0.317 e. The van der Waals surface area contributed by atoms with E-state index >= 15 is 0 Å². The van der Waals surface area contributed by atoms with Gasteiger partial charge in [0.25, 0.3) is 0 Å². The predicted molar refractivity (Wildman–Crippen MR) is 71.8 cm³/mol. The van der Waals surface area contributed by atoms with Gasteiger partial charge < -0.3 is 5.32 Å². The summed E-state index contributed by atoms with van der Waals surface area (Å²) in [5, 5.41) is 3.05. The Bertz CT molecular complexity index is 454. The lowest BCUT2D eigenvalue weighted by Crippen LogP contribution is -2.24. The molecule has 4 heteroatoms. The lowest BCUT2D eigenvalue weighted by atomic mass is 10.1. The first-order chi connectivity index (χ1) is 7.94. The fourth-order valence-corrected chi connectivity index (χ4v) is 3.24. The predicted octanol–water partition coefficient (Wildman–Crippen LogP) is 1.91. The van der Waals surface area contributed by atoms with Crippen LogP contribution in [0.4, 0.5) is 0 Å². The van der Waals surface area contributed by atoms with E-state index in [0.717, 1.165) is 11.1 Å².